The van der Waals surface area contributed by atoms with Crippen molar-refractivity contribution in [1.29, 1.82) is 10.5 Å². The Morgan fingerprint density at radius 1 is 0.720 bits per heavy atom. The average Bonchev–Trinajstić information content (AvgIpc) is 4.25. The Morgan fingerprint density at radius 2 is 1.17 bits per heavy atom. The number of hydrogen-bond acceptors (Lipinski definition) is 17. The van der Waals surface area contributed by atoms with E-state index in [4.69, 9.17) is 14.7 Å². The molecule has 22 nitrogen and oxygen atoms in total. The molecule has 4 aromatic carbocycles. The molecule has 424 valence electrons. The van der Waals surface area contributed by atoms with Crippen LogP contribution in [0, 0.1) is 56.7 Å². The minimum atomic E-state index is -0.620. The van der Waals surface area contributed by atoms with Crippen molar-refractivity contribution in [3.05, 3.63) is 139 Å². The van der Waals surface area contributed by atoms with Crippen LogP contribution in [-0.2, 0) is 30.7 Å². The van der Waals surface area contributed by atoms with E-state index in [2.05, 4.69) is 71.6 Å². The van der Waals surface area contributed by atoms with E-state index in [0.29, 0.717) is 71.4 Å². The number of rotatable bonds is 16. The number of likely N-dealkylation sites (N-methyl/N-ethyl adjacent to an activating group) is 4. The van der Waals surface area contributed by atoms with E-state index in [1.54, 1.807) is 51.9 Å². The quantitative estimate of drug-likeness (QED) is 0.0599. The lowest BCUT2D eigenvalue weighted by molar-refractivity contribution is -0.384. The molecule has 2 aliphatic rings. The van der Waals surface area contributed by atoms with Crippen molar-refractivity contribution in [3.63, 3.8) is 0 Å². The summed E-state index contributed by atoms with van der Waals surface area (Å²) in [5.41, 5.74) is 11.2. The Hall–Kier alpha value is -9.67. The van der Waals surface area contributed by atoms with Crippen LogP contribution >= 0.6 is 0 Å². The Balaban J connectivity index is 0.000000215. The fraction of sp³-hybridized carbons (Fsp3) is 0.350. The molecule has 10 rings (SSSR count). The summed E-state index contributed by atoms with van der Waals surface area (Å²) in [6.07, 6.45) is 10.8. The number of para-hydroxylation sites is 2. The molecule has 0 bridgehead atoms. The van der Waals surface area contributed by atoms with Gasteiger partial charge in [0, 0.05) is 107 Å². The van der Waals surface area contributed by atoms with Crippen molar-refractivity contribution >= 4 is 73.9 Å². The van der Waals surface area contributed by atoms with Crippen LogP contribution in [0.15, 0.2) is 85.5 Å². The van der Waals surface area contributed by atoms with Crippen LogP contribution in [-0.4, -0.2) is 110 Å². The minimum Gasteiger partial charge on any atom is -0.444 e. The summed E-state index contributed by atoms with van der Waals surface area (Å²) >= 11 is 0. The fourth-order valence-corrected chi connectivity index (χ4v) is 10.4. The van der Waals surface area contributed by atoms with Gasteiger partial charge in [0.25, 0.3) is 11.4 Å². The summed E-state index contributed by atoms with van der Waals surface area (Å²) in [6.45, 7) is 12.9. The second-order valence-corrected chi connectivity index (χ2v) is 21.4. The molecular formula is C60H68N16O6. The number of anilines is 6. The first-order valence-corrected chi connectivity index (χ1v) is 26.7. The summed E-state index contributed by atoms with van der Waals surface area (Å²) in [5.74, 6) is 0.498. The zero-order valence-corrected chi connectivity index (χ0v) is 46.9. The number of nitro groups is 2. The molecule has 0 saturated carbocycles. The number of nitrogens with zero attached hydrogens (tertiary/aromatic N) is 13. The second-order valence-electron chi connectivity index (χ2n) is 21.4. The molecular weight excluding hydrogens is 1040 g/mol. The average molecular weight is 1110 g/mol. The summed E-state index contributed by atoms with van der Waals surface area (Å²) in [7, 11) is 7.05. The number of carbonyl (C=O) groups excluding carboxylic acids is 1. The van der Waals surface area contributed by atoms with Crippen LogP contribution in [0.5, 0.6) is 0 Å². The summed E-state index contributed by atoms with van der Waals surface area (Å²) in [6, 6.07) is 23.4. The van der Waals surface area contributed by atoms with Crippen LogP contribution in [0.2, 0.25) is 0 Å². The molecule has 22 heteroatoms. The van der Waals surface area contributed by atoms with Gasteiger partial charge in [-0.1, -0.05) is 43.8 Å². The first-order chi connectivity index (χ1) is 38.8. The van der Waals surface area contributed by atoms with E-state index >= 15 is 0 Å². The molecule has 0 spiro atoms. The van der Waals surface area contributed by atoms with Crippen molar-refractivity contribution in [2.45, 2.75) is 86.4 Å². The van der Waals surface area contributed by atoms with Crippen molar-refractivity contribution in [2.24, 2.45) is 0 Å². The second kappa shape index (κ2) is 24.4. The van der Waals surface area contributed by atoms with E-state index in [9.17, 15) is 35.5 Å². The van der Waals surface area contributed by atoms with Crippen molar-refractivity contribution in [1.82, 2.24) is 39.3 Å². The number of aromatic nitrogens is 6. The highest BCUT2D eigenvalue weighted by molar-refractivity contribution is 5.99. The van der Waals surface area contributed by atoms with E-state index in [0.717, 1.165) is 77.3 Å². The van der Waals surface area contributed by atoms with Crippen molar-refractivity contribution in [3.8, 4) is 34.7 Å². The summed E-state index contributed by atoms with van der Waals surface area (Å²) in [4.78, 5) is 58.8. The van der Waals surface area contributed by atoms with Crippen LogP contribution < -0.4 is 25.8 Å². The molecule has 0 atom stereocenters. The molecule has 4 aromatic heterocycles. The lowest BCUT2D eigenvalue weighted by Gasteiger charge is -2.27. The zero-order chi connectivity index (χ0) is 57.9. The maximum atomic E-state index is 12.3. The fourth-order valence-electron chi connectivity index (χ4n) is 10.4. The van der Waals surface area contributed by atoms with Crippen LogP contribution in [0.3, 0.4) is 0 Å². The lowest BCUT2D eigenvalue weighted by Crippen LogP contribution is -2.38. The monoisotopic (exact) mass is 1110 g/mol. The van der Waals surface area contributed by atoms with Gasteiger partial charge >= 0.3 is 6.09 Å². The van der Waals surface area contributed by atoms with Gasteiger partial charge < -0.3 is 44.5 Å². The molecule has 2 aliphatic heterocycles. The highest BCUT2D eigenvalue weighted by Gasteiger charge is 2.27. The summed E-state index contributed by atoms with van der Waals surface area (Å²) < 4.78 is 9.85. The molecule has 0 unspecified atom stereocenters. The predicted molar refractivity (Wildman–Crippen MR) is 320 cm³/mol. The van der Waals surface area contributed by atoms with Crippen LogP contribution in [0.1, 0.15) is 74.4 Å². The number of nitriles is 2. The molecule has 1 amide bonds. The smallest absolute Gasteiger partial charge is 0.410 e. The molecule has 3 N–H and O–H groups in total. The number of carbonyl (C=O) groups is 1. The number of ether oxygens (including phenoxy) is 1. The molecule has 0 radical (unpaired) electrons. The summed E-state index contributed by atoms with van der Waals surface area (Å²) in [5, 5.41) is 55.2. The van der Waals surface area contributed by atoms with Gasteiger partial charge in [-0.05, 0) is 102 Å². The van der Waals surface area contributed by atoms with Crippen LogP contribution in [0.4, 0.5) is 50.8 Å². The standard InChI is InChI=1S/C32H36N8O4.C27H28N8O2.CH4/c1-20-15-26(37(5)13-14-38(6)31(41)44-32(2,3)4)27(40(42)43)16-25(20)35-30-34-18-22(17-33)28(36-30)24-19-39-12-8-10-21-9-7-11-23(24)29(21)39;1-17-12-23(33(3)11-9-29-2)24(35(36)37)13-22(17)31-27-30-15-19(14-28)25(32-27)21-16-34-10-5-7-18-6-4-8-20(21)26(18)34;/h7,9,11,15-16,18-19H,8,10,12-14H2,1-6H3,(H,34,35,36);4,6,8,12-13,15-16,29H,5,7,9-11H2,1-3H3,(H,30,31,32);1H4. The number of aryl methyl sites for hydroxylation is 6. The van der Waals surface area contributed by atoms with E-state index < -0.39 is 16.6 Å². The van der Waals surface area contributed by atoms with E-state index in [-0.39, 0.29) is 35.6 Å². The van der Waals surface area contributed by atoms with Gasteiger partial charge in [0.1, 0.15) is 29.1 Å². The van der Waals surface area contributed by atoms with Crippen molar-refractivity contribution < 1.29 is 19.4 Å². The Labute approximate surface area is 476 Å². The topological polar surface area (TPSA) is 267 Å². The van der Waals surface area contributed by atoms with Gasteiger partial charge in [0.2, 0.25) is 11.9 Å². The van der Waals surface area contributed by atoms with Gasteiger partial charge in [-0.3, -0.25) is 20.2 Å². The largest absolute Gasteiger partial charge is 0.444 e. The van der Waals surface area contributed by atoms with Crippen molar-refractivity contribution in [2.75, 3.05) is 74.8 Å². The van der Waals surface area contributed by atoms with Gasteiger partial charge in [-0.2, -0.15) is 10.5 Å². The first kappa shape index (κ1) is 58.5. The molecule has 82 heavy (non-hydrogen) atoms. The number of nitrogens with one attached hydrogen (secondary N) is 3. The van der Waals surface area contributed by atoms with Gasteiger partial charge in [0.05, 0.1) is 67.2 Å². The third-order valence-electron chi connectivity index (χ3n) is 14.5. The third kappa shape index (κ3) is 12.2. The number of nitro benzene ring substituents is 2. The first-order valence-electron chi connectivity index (χ1n) is 26.7. The predicted octanol–water partition coefficient (Wildman–Crippen LogP) is 11.3. The highest BCUT2D eigenvalue weighted by Crippen LogP contribution is 2.40. The Bertz CT molecular complexity index is 3850. The van der Waals surface area contributed by atoms with E-state index in [1.807, 2.05) is 57.2 Å². The maximum absolute atomic E-state index is 12.3. The molecule has 6 heterocycles. The van der Waals surface area contributed by atoms with Gasteiger partial charge in [-0.25, -0.2) is 24.7 Å². The van der Waals surface area contributed by atoms with Gasteiger partial charge in [0.15, 0.2) is 0 Å². The zero-order valence-electron chi connectivity index (χ0n) is 46.9. The molecule has 0 saturated heterocycles. The molecule has 8 aromatic rings. The number of hydrogen-bond donors (Lipinski definition) is 3. The Morgan fingerprint density at radius 3 is 1.59 bits per heavy atom. The number of amides is 1. The minimum absolute atomic E-state index is 0. The number of benzene rings is 4. The normalized spacial score (nSPS) is 12.3. The SMILES string of the molecule is C.CNCCN(C)c1cc(C)c(Nc2ncc(C#N)c(-c3cn4c5c(cccc35)CCC4)n2)cc1[N+](=O)[O-].Cc1cc(N(C)CCN(C)C(=O)OC(C)(C)C)c([N+](=O)[O-])cc1Nc1ncc(C#N)c(-c2cn3c4c(cccc24)CCC3)n1. The lowest BCUT2D eigenvalue weighted by atomic mass is 10.0. The molecule has 0 aliphatic carbocycles. The highest BCUT2D eigenvalue weighted by atomic mass is 16.6. The van der Waals surface area contributed by atoms with E-state index in [1.165, 1.54) is 46.1 Å². The van der Waals surface area contributed by atoms with Crippen LogP contribution in [0.25, 0.3) is 44.3 Å². The Kier molecular flexibility index (Phi) is 17.4. The van der Waals surface area contributed by atoms with Gasteiger partial charge in [-0.15, -0.1) is 0 Å². The third-order valence-corrected chi connectivity index (χ3v) is 14.5. The maximum Gasteiger partial charge on any atom is 0.410 e. The molecule has 0 fully saturated rings.